The highest BCUT2D eigenvalue weighted by Gasteiger charge is 2.46. The number of halogens is 3. The standard InChI is InChI=1S/C12H10F2N2O2.ClH/c13-12(14)6-18-11(17)16-10(12)8-2-1-7-3-4-15-9(7)5-8;/h1-5,10,15H,6H2,(H,16,17);1H/t10-;/m0./s1. The number of rotatable bonds is 1. The quantitative estimate of drug-likeness (QED) is 0.847. The number of benzene rings is 1. The minimum atomic E-state index is -3.12. The highest BCUT2D eigenvalue weighted by molar-refractivity contribution is 5.85. The van der Waals surface area contributed by atoms with Crippen molar-refractivity contribution in [1.29, 1.82) is 0 Å². The van der Waals surface area contributed by atoms with Gasteiger partial charge in [-0.1, -0.05) is 12.1 Å². The summed E-state index contributed by atoms with van der Waals surface area (Å²) in [6, 6.07) is 5.42. The average Bonchev–Trinajstić information content (AvgIpc) is 2.79. The molecule has 0 aliphatic carbocycles. The number of ether oxygens (including phenoxy) is 1. The van der Waals surface area contributed by atoms with E-state index in [1.54, 1.807) is 24.4 Å². The van der Waals surface area contributed by atoms with Crippen molar-refractivity contribution in [2.75, 3.05) is 6.61 Å². The number of aromatic amines is 1. The monoisotopic (exact) mass is 288 g/mol. The molecule has 7 heteroatoms. The number of amides is 1. The highest BCUT2D eigenvalue weighted by atomic mass is 35.5. The number of cyclic esters (lactones) is 1. The van der Waals surface area contributed by atoms with Gasteiger partial charge >= 0.3 is 12.0 Å². The Bertz CT molecular complexity index is 615. The lowest BCUT2D eigenvalue weighted by molar-refractivity contribution is -0.104. The molecule has 1 atom stereocenters. The molecule has 2 heterocycles. The fourth-order valence-corrected chi connectivity index (χ4v) is 2.08. The van der Waals surface area contributed by atoms with Gasteiger partial charge in [-0.25, -0.2) is 13.6 Å². The van der Waals surface area contributed by atoms with Crippen molar-refractivity contribution in [3.8, 4) is 0 Å². The fraction of sp³-hybridized carbons (Fsp3) is 0.250. The Kier molecular flexibility index (Phi) is 3.36. The van der Waals surface area contributed by atoms with Gasteiger partial charge in [-0.2, -0.15) is 0 Å². The van der Waals surface area contributed by atoms with Crippen LogP contribution in [0.25, 0.3) is 10.9 Å². The summed E-state index contributed by atoms with van der Waals surface area (Å²) >= 11 is 0. The van der Waals surface area contributed by atoms with E-state index in [9.17, 15) is 13.6 Å². The number of alkyl carbamates (subject to hydrolysis) is 1. The van der Waals surface area contributed by atoms with E-state index in [4.69, 9.17) is 0 Å². The van der Waals surface area contributed by atoms with Crippen LogP contribution in [-0.2, 0) is 4.74 Å². The minimum Gasteiger partial charge on any atom is -0.443 e. The van der Waals surface area contributed by atoms with Gasteiger partial charge in [-0.15, -0.1) is 12.4 Å². The molecule has 3 rings (SSSR count). The molecule has 0 saturated carbocycles. The van der Waals surface area contributed by atoms with Gasteiger partial charge in [0.1, 0.15) is 6.04 Å². The van der Waals surface area contributed by atoms with Gasteiger partial charge in [-0.3, -0.25) is 0 Å². The molecule has 1 aliphatic rings. The van der Waals surface area contributed by atoms with Crippen LogP contribution in [0.1, 0.15) is 11.6 Å². The second kappa shape index (κ2) is 4.70. The van der Waals surface area contributed by atoms with Gasteiger partial charge in [0.2, 0.25) is 0 Å². The summed E-state index contributed by atoms with van der Waals surface area (Å²) in [5.41, 5.74) is 1.11. The van der Waals surface area contributed by atoms with Gasteiger partial charge in [0.25, 0.3) is 0 Å². The topological polar surface area (TPSA) is 54.1 Å². The Morgan fingerprint density at radius 1 is 1.32 bits per heavy atom. The zero-order valence-electron chi connectivity index (χ0n) is 9.65. The van der Waals surface area contributed by atoms with Crippen molar-refractivity contribution in [1.82, 2.24) is 10.3 Å². The number of hydrogen-bond donors (Lipinski definition) is 2. The number of alkyl halides is 2. The van der Waals surface area contributed by atoms with Gasteiger partial charge in [0.05, 0.1) is 0 Å². The van der Waals surface area contributed by atoms with E-state index >= 15 is 0 Å². The molecule has 0 radical (unpaired) electrons. The lowest BCUT2D eigenvalue weighted by Crippen LogP contribution is -2.49. The Hall–Kier alpha value is -1.82. The zero-order valence-corrected chi connectivity index (χ0v) is 10.5. The summed E-state index contributed by atoms with van der Waals surface area (Å²) in [6.07, 6.45) is 0.910. The first-order valence-corrected chi connectivity index (χ1v) is 5.44. The maximum atomic E-state index is 13.7. The van der Waals surface area contributed by atoms with E-state index in [-0.39, 0.29) is 12.4 Å². The van der Waals surface area contributed by atoms with Crippen LogP contribution in [0.15, 0.2) is 30.5 Å². The van der Waals surface area contributed by atoms with E-state index in [0.29, 0.717) is 5.56 Å². The van der Waals surface area contributed by atoms with Gasteiger partial charge in [0, 0.05) is 11.7 Å². The first-order valence-electron chi connectivity index (χ1n) is 5.44. The zero-order chi connectivity index (χ0) is 12.8. The van der Waals surface area contributed by atoms with Crippen LogP contribution in [0, 0.1) is 0 Å². The lowest BCUT2D eigenvalue weighted by Gasteiger charge is -2.31. The van der Waals surface area contributed by atoms with E-state index in [0.717, 1.165) is 10.9 Å². The normalized spacial score (nSPS) is 21.4. The van der Waals surface area contributed by atoms with E-state index < -0.39 is 24.7 Å². The van der Waals surface area contributed by atoms with Gasteiger partial charge < -0.3 is 15.0 Å². The Balaban J connectivity index is 0.00000133. The summed E-state index contributed by atoms with van der Waals surface area (Å²) in [4.78, 5) is 14.0. The van der Waals surface area contributed by atoms with E-state index in [1.165, 1.54) is 0 Å². The number of fused-ring (bicyclic) bond motifs is 1. The van der Waals surface area contributed by atoms with Crippen LogP contribution in [0.5, 0.6) is 0 Å². The molecule has 2 N–H and O–H groups in total. The van der Waals surface area contributed by atoms with E-state index in [2.05, 4.69) is 15.0 Å². The third-order valence-electron chi connectivity index (χ3n) is 2.99. The Morgan fingerprint density at radius 2 is 2.11 bits per heavy atom. The molecule has 0 unspecified atom stereocenters. The van der Waals surface area contributed by atoms with Crippen LogP contribution in [0.2, 0.25) is 0 Å². The van der Waals surface area contributed by atoms with Crippen LogP contribution in [0.3, 0.4) is 0 Å². The smallest absolute Gasteiger partial charge is 0.408 e. The highest BCUT2D eigenvalue weighted by Crippen LogP contribution is 2.35. The van der Waals surface area contributed by atoms with Crippen molar-refractivity contribution in [2.24, 2.45) is 0 Å². The minimum absolute atomic E-state index is 0. The molecular weight excluding hydrogens is 278 g/mol. The largest absolute Gasteiger partial charge is 0.443 e. The van der Waals surface area contributed by atoms with Crippen molar-refractivity contribution in [3.05, 3.63) is 36.0 Å². The second-order valence-electron chi connectivity index (χ2n) is 4.24. The average molecular weight is 289 g/mol. The summed E-state index contributed by atoms with van der Waals surface area (Å²) in [5.74, 6) is -3.12. The molecule has 4 nitrogen and oxygen atoms in total. The summed E-state index contributed by atoms with van der Waals surface area (Å²) in [7, 11) is 0. The number of hydrogen-bond acceptors (Lipinski definition) is 2. The predicted octanol–water partition coefficient (Wildman–Crippen LogP) is 3.01. The molecule has 19 heavy (non-hydrogen) atoms. The van der Waals surface area contributed by atoms with Crippen molar-refractivity contribution in [2.45, 2.75) is 12.0 Å². The third kappa shape index (κ3) is 2.35. The summed E-state index contributed by atoms with van der Waals surface area (Å²) in [5, 5.41) is 3.09. The SMILES string of the molecule is Cl.O=C1N[C@@H](c2ccc3cc[nH]c3c2)C(F)(F)CO1. The summed E-state index contributed by atoms with van der Waals surface area (Å²) in [6.45, 7) is -0.897. The Morgan fingerprint density at radius 3 is 2.89 bits per heavy atom. The number of H-pyrrole nitrogens is 1. The number of aromatic nitrogens is 1. The number of carbonyl (C=O) groups is 1. The predicted molar refractivity (Wildman–Crippen MR) is 67.7 cm³/mol. The molecule has 1 aliphatic heterocycles. The maximum absolute atomic E-state index is 13.7. The molecule has 2 aromatic rings. The van der Waals surface area contributed by atoms with Gasteiger partial charge in [-0.05, 0) is 23.1 Å². The van der Waals surface area contributed by atoms with Gasteiger partial charge in [0.15, 0.2) is 6.61 Å². The molecule has 1 aromatic carbocycles. The molecule has 1 aromatic heterocycles. The van der Waals surface area contributed by atoms with Crippen molar-refractivity contribution in [3.63, 3.8) is 0 Å². The molecule has 102 valence electrons. The molecule has 1 fully saturated rings. The number of carbonyl (C=O) groups excluding carboxylic acids is 1. The molecule has 0 bridgehead atoms. The third-order valence-corrected chi connectivity index (χ3v) is 2.99. The molecule has 1 amide bonds. The maximum Gasteiger partial charge on any atom is 0.408 e. The first-order chi connectivity index (χ1) is 8.56. The first kappa shape index (κ1) is 13.6. The molecule has 1 saturated heterocycles. The number of nitrogens with one attached hydrogen (secondary N) is 2. The molecular formula is C12H11ClF2N2O2. The lowest BCUT2D eigenvalue weighted by atomic mass is 9.99. The van der Waals surface area contributed by atoms with Crippen molar-refractivity contribution < 1.29 is 18.3 Å². The van der Waals surface area contributed by atoms with Crippen molar-refractivity contribution >= 4 is 29.4 Å². The van der Waals surface area contributed by atoms with Crippen LogP contribution < -0.4 is 5.32 Å². The second-order valence-corrected chi connectivity index (χ2v) is 4.24. The van der Waals surface area contributed by atoms with E-state index in [1.807, 2.05) is 6.07 Å². The van der Waals surface area contributed by atoms with Crippen LogP contribution in [-0.4, -0.2) is 23.6 Å². The molecule has 0 spiro atoms. The Labute approximate surface area is 113 Å². The fourth-order valence-electron chi connectivity index (χ4n) is 2.08. The van der Waals surface area contributed by atoms with Crippen LogP contribution >= 0.6 is 12.4 Å². The summed E-state index contributed by atoms with van der Waals surface area (Å²) < 4.78 is 31.7. The van der Waals surface area contributed by atoms with Crippen LogP contribution in [0.4, 0.5) is 13.6 Å².